The Hall–Kier alpha value is -1.76. The second-order valence-corrected chi connectivity index (χ2v) is 7.05. The minimum absolute atomic E-state index is 0.868. The Morgan fingerprint density at radius 1 is 0.773 bits per heavy atom. The minimum Gasteiger partial charge on any atom is -0.371 e. The molecular formula is C21H25N. The predicted octanol–water partition coefficient (Wildman–Crippen LogP) is 4.78. The molecule has 0 radical (unpaired) electrons. The van der Waals surface area contributed by atoms with Crippen molar-refractivity contribution in [1.29, 1.82) is 0 Å². The number of rotatable bonds is 3. The summed E-state index contributed by atoms with van der Waals surface area (Å²) in [6, 6.07) is 22.1. The summed E-state index contributed by atoms with van der Waals surface area (Å²) in [7, 11) is 0. The molecule has 2 fully saturated rings. The lowest BCUT2D eigenvalue weighted by Crippen LogP contribution is -2.49. The number of piperidine rings is 1. The van der Waals surface area contributed by atoms with Gasteiger partial charge in [-0.2, -0.15) is 0 Å². The van der Waals surface area contributed by atoms with Crippen LogP contribution in [0.15, 0.2) is 60.7 Å². The Labute approximate surface area is 134 Å². The predicted molar refractivity (Wildman–Crippen MR) is 93.1 cm³/mol. The highest BCUT2D eigenvalue weighted by molar-refractivity contribution is 5.46. The first-order valence-electron chi connectivity index (χ1n) is 8.74. The molecule has 0 aromatic heterocycles. The van der Waals surface area contributed by atoms with Crippen LogP contribution < -0.4 is 4.90 Å². The SMILES string of the molecule is c1ccc(CC2[C@@H]3CCC[C@H]2CN(c2ccccc2)C3)cc1. The van der Waals surface area contributed by atoms with Crippen molar-refractivity contribution in [2.45, 2.75) is 25.7 Å². The lowest BCUT2D eigenvalue weighted by atomic mass is 9.67. The van der Waals surface area contributed by atoms with Crippen molar-refractivity contribution < 1.29 is 0 Å². The van der Waals surface area contributed by atoms with Gasteiger partial charge in [0, 0.05) is 18.8 Å². The molecule has 1 saturated carbocycles. The summed E-state index contributed by atoms with van der Waals surface area (Å²) in [5.41, 5.74) is 2.94. The molecule has 1 heterocycles. The van der Waals surface area contributed by atoms with Gasteiger partial charge in [0.2, 0.25) is 0 Å². The maximum absolute atomic E-state index is 2.63. The van der Waals surface area contributed by atoms with Gasteiger partial charge in [0.25, 0.3) is 0 Å². The van der Waals surface area contributed by atoms with Gasteiger partial charge >= 0.3 is 0 Å². The monoisotopic (exact) mass is 291 g/mol. The van der Waals surface area contributed by atoms with Gasteiger partial charge < -0.3 is 4.90 Å². The number of fused-ring (bicyclic) bond motifs is 2. The van der Waals surface area contributed by atoms with Crippen LogP contribution in [0.3, 0.4) is 0 Å². The van der Waals surface area contributed by atoms with E-state index in [0.29, 0.717) is 0 Å². The van der Waals surface area contributed by atoms with Crippen molar-refractivity contribution in [3.63, 3.8) is 0 Å². The summed E-state index contributed by atoms with van der Waals surface area (Å²) in [6.45, 7) is 2.50. The summed E-state index contributed by atoms with van der Waals surface area (Å²) < 4.78 is 0. The number of hydrogen-bond donors (Lipinski definition) is 0. The zero-order chi connectivity index (χ0) is 14.8. The Morgan fingerprint density at radius 2 is 1.36 bits per heavy atom. The van der Waals surface area contributed by atoms with Crippen molar-refractivity contribution in [1.82, 2.24) is 0 Å². The van der Waals surface area contributed by atoms with E-state index in [9.17, 15) is 0 Å². The van der Waals surface area contributed by atoms with E-state index in [-0.39, 0.29) is 0 Å². The van der Waals surface area contributed by atoms with Crippen LogP contribution >= 0.6 is 0 Å². The van der Waals surface area contributed by atoms with E-state index in [0.717, 1.165) is 17.8 Å². The molecule has 0 N–H and O–H groups in total. The Kier molecular flexibility index (Phi) is 3.88. The largest absolute Gasteiger partial charge is 0.371 e. The topological polar surface area (TPSA) is 3.24 Å². The molecule has 2 bridgehead atoms. The molecule has 1 nitrogen and oxygen atoms in total. The van der Waals surface area contributed by atoms with Gasteiger partial charge in [-0.25, -0.2) is 0 Å². The molecule has 3 atom stereocenters. The highest BCUT2D eigenvalue weighted by Gasteiger charge is 2.39. The van der Waals surface area contributed by atoms with E-state index in [4.69, 9.17) is 0 Å². The molecule has 2 aromatic carbocycles. The third kappa shape index (κ3) is 2.77. The number of hydrogen-bond acceptors (Lipinski definition) is 1. The van der Waals surface area contributed by atoms with Crippen molar-refractivity contribution in [3.8, 4) is 0 Å². The number of anilines is 1. The lowest BCUT2D eigenvalue weighted by Gasteiger charge is -2.48. The molecule has 0 amide bonds. The van der Waals surface area contributed by atoms with E-state index >= 15 is 0 Å². The first-order chi connectivity index (χ1) is 10.9. The van der Waals surface area contributed by atoms with Gasteiger partial charge in [-0.3, -0.25) is 0 Å². The maximum Gasteiger partial charge on any atom is 0.0366 e. The number of benzene rings is 2. The molecule has 1 aliphatic carbocycles. The second kappa shape index (κ2) is 6.16. The zero-order valence-corrected chi connectivity index (χ0v) is 13.2. The normalized spacial score (nSPS) is 27.6. The lowest BCUT2D eigenvalue weighted by molar-refractivity contribution is 0.126. The van der Waals surface area contributed by atoms with Crippen LogP contribution in [0.25, 0.3) is 0 Å². The van der Waals surface area contributed by atoms with Crippen molar-refractivity contribution >= 4 is 5.69 Å². The van der Waals surface area contributed by atoms with Gasteiger partial charge in [-0.1, -0.05) is 55.0 Å². The Morgan fingerprint density at radius 3 is 2.00 bits per heavy atom. The third-order valence-corrected chi connectivity index (χ3v) is 5.71. The van der Waals surface area contributed by atoms with Crippen LogP contribution in [0.4, 0.5) is 5.69 Å². The van der Waals surface area contributed by atoms with Crippen molar-refractivity contribution in [2.24, 2.45) is 17.8 Å². The molecule has 1 aliphatic heterocycles. The molecule has 22 heavy (non-hydrogen) atoms. The molecule has 1 unspecified atom stereocenters. The highest BCUT2D eigenvalue weighted by Crippen LogP contribution is 2.42. The molecule has 0 spiro atoms. The average molecular weight is 291 g/mol. The minimum atomic E-state index is 0.868. The van der Waals surface area contributed by atoms with Gasteiger partial charge in [-0.15, -0.1) is 0 Å². The Bertz CT molecular complexity index is 578. The number of para-hydroxylation sites is 1. The molecule has 2 aromatic rings. The molecular weight excluding hydrogens is 266 g/mol. The van der Waals surface area contributed by atoms with Gasteiger partial charge in [-0.05, 0) is 54.7 Å². The van der Waals surface area contributed by atoms with Gasteiger partial charge in [0.15, 0.2) is 0 Å². The molecule has 4 rings (SSSR count). The van der Waals surface area contributed by atoms with Crippen LogP contribution in [-0.4, -0.2) is 13.1 Å². The molecule has 1 heteroatoms. The van der Waals surface area contributed by atoms with Gasteiger partial charge in [0.1, 0.15) is 0 Å². The van der Waals surface area contributed by atoms with E-state index in [1.807, 2.05) is 0 Å². The summed E-state index contributed by atoms with van der Waals surface area (Å²) >= 11 is 0. The zero-order valence-electron chi connectivity index (χ0n) is 13.2. The molecule has 2 aliphatic rings. The van der Waals surface area contributed by atoms with Crippen molar-refractivity contribution in [2.75, 3.05) is 18.0 Å². The van der Waals surface area contributed by atoms with E-state index < -0.39 is 0 Å². The quantitative estimate of drug-likeness (QED) is 0.786. The summed E-state index contributed by atoms with van der Waals surface area (Å²) in [4.78, 5) is 2.63. The summed E-state index contributed by atoms with van der Waals surface area (Å²) in [5, 5.41) is 0. The van der Waals surface area contributed by atoms with Crippen LogP contribution in [-0.2, 0) is 6.42 Å². The fourth-order valence-electron chi connectivity index (χ4n) is 4.62. The first kappa shape index (κ1) is 13.9. The fraction of sp³-hybridized carbons (Fsp3) is 0.429. The average Bonchev–Trinajstić information content (AvgIpc) is 2.56. The van der Waals surface area contributed by atoms with Gasteiger partial charge in [0.05, 0.1) is 0 Å². The maximum atomic E-state index is 2.63. The summed E-state index contributed by atoms with van der Waals surface area (Å²) in [6.07, 6.45) is 5.54. The highest BCUT2D eigenvalue weighted by atomic mass is 15.1. The smallest absolute Gasteiger partial charge is 0.0366 e. The first-order valence-corrected chi connectivity index (χ1v) is 8.74. The third-order valence-electron chi connectivity index (χ3n) is 5.71. The van der Waals surface area contributed by atoms with E-state index in [1.54, 1.807) is 0 Å². The fourth-order valence-corrected chi connectivity index (χ4v) is 4.62. The van der Waals surface area contributed by atoms with Crippen LogP contribution in [0.2, 0.25) is 0 Å². The summed E-state index contributed by atoms with van der Waals surface area (Å²) in [5.74, 6) is 2.62. The standard InChI is InChI=1S/C21H25N/c1-3-8-17(9-4-1)14-21-18-10-7-11-19(21)16-22(15-18)20-12-5-2-6-13-20/h1-6,8-9,12-13,18-19,21H,7,10-11,14-16H2/t18-,19+,21?. The van der Waals surface area contributed by atoms with Crippen molar-refractivity contribution in [3.05, 3.63) is 66.2 Å². The second-order valence-electron chi connectivity index (χ2n) is 7.05. The van der Waals surface area contributed by atoms with Crippen LogP contribution in [0, 0.1) is 17.8 Å². The molecule has 114 valence electrons. The van der Waals surface area contributed by atoms with Crippen LogP contribution in [0.5, 0.6) is 0 Å². The number of nitrogens with zero attached hydrogens (tertiary/aromatic N) is 1. The van der Waals surface area contributed by atoms with E-state index in [1.165, 1.54) is 50.0 Å². The molecule has 1 saturated heterocycles. The Balaban J connectivity index is 1.52. The van der Waals surface area contributed by atoms with Crippen LogP contribution in [0.1, 0.15) is 24.8 Å². The van der Waals surface area contributed by atoms with E-state index in [2.05, 4.69) is 65.6 Å².